The molecule has 4 nitrogen and oxygen atoms in total. The first kappa shape index (κ1) is 14.6. The summed E-state index contributed by atoms with van der Waals surface area (Å²) in [6, 6.07) is 1.85. The third kappa shape index (κ3) is 2.69. The van der Waals surface area contributed by atoms with Gasteiger partial charge in [0.05, 0.1) is 16.4 Å². The van der Waals surface area contributed by atoms with Crippen molar-refractivity contribution in [3.8, 4) is 0 Å². The summed E-state index contributed by atoms with van der Waals surface area (Å²) < 4.78 is 11.7. The number of aryl methyl sites for hydroxylation is 2. The summed E-state index contributed by atoms with van der Waals surface area (Å²) in [4.78, 5) is 14.5. The summed E-state index contributed by atoms with van der Waals surface area (Å²) in [5, 5.41) is 0. The maximum atomic E-state index is 12.5. The number of hydrogen-bond acceptors (Lipinski definition) is 4. The highest BCUT2D eigenvalue weighted by Gasteiger charge is 2.51. The number of hydrogen-bond donors (Lipinski definition) is 0. The minimum atomic E-state index is 0.114. The molecule has 120 valence electrons. The normalized spacial score (nSPS) is 26.5. The zero-order valence-corrected chi connectivity index (χ0v) is 14.1. The van der Waals surface area contributed by atoms with Crippen LogP contribution >= 0.6 is 11.8 Å². The van der Waals surface area contributed by atoms with Gasteiger partial charge in [-0.15, -0.1) is 11.8 Å². The molecule has 3 heterocycles. The minimum absolute atomic E-state index is 0.114. The quantitative estimate of drug-likeness (QED) is 0.855. The van der Waals surface area contributed by atoms with Crippen LogP contribution in [-0.2, 0) is 4.74 Å². The standard InChI is InChI=1S/C17H23NO3S/c1-11-5-15(12(2)21-11)16(19)18-9-17(10-18)6-14(8-22-17)20-7-13-3-4-13/h5,13-14H,3-4,6-10H2,1-2H3. The van der Waals surface area contributed by atoms with Crippen molar-refractivity contribution in [2.24, 2.45) is 5.92 Å². The molecule has 2 aliphatic heterocycles. The molecule has 1 atom stereocenters. The number of rotatable bonds is 4. The smallest absolute Gasteiger partial charge is 0.257 e. The third-order valence-corrected chi connectivity index (χ3v) is 6.53. The number of likely N-dealkylation sites (tertiary alicyclic amines) is 1. The Kier molecular flexibility index (Phi) is 3.53. The van der Waals surface area contributed by atoms with E-state index in [1.54, 1.807) is 0 Å². The van der Waals surface area contributed by atoms with Gasteiger partial charge in [-0.1, -0.05) is 0 Å². The predicted molar refractivity (Wildman–Crippen MR) is 86.4 cm³/mol. The predicted octanol–water partition coefficient (Wildman–Crippen LogP) is 3.02. The number of furan rings is 1. The van der Waals surface area contributed by atoms with E-state index in [4.69, 9.17) is 9.15 Å². The van der Waals surface area contributed by atoms with E-state index in [0.29, 0.717) is 6.10 Å². The fourth-order valence-electron chi connectivity index (χ4n) is 3.49. The molecular weight excluding hydrogens is 298 g/mol. The van der Waals surface area contributed by atoms with Crippen LogP contribution in [0.5, 0.6) is 0 Å². The van der Waals surface area contributed by atoms with Crippen LogP contribution in [0.1, 0.15) is 41.1 Å². The Bertz CT molecular complexity index is 587. The van der Waals surface area contributed by atoms with E-state index in [1.165, 1.54) is 12.8 Å². The summed E-state index contributed by atoms with van der Waals surface area (Å²) in [6.07, 6.45) is 4.17. The maximum absolute atomic E-state index is 12.5. The first-order chi connectivity index (χ1) is 10.5. The summed E-state index contributed by atoms with van der Waals surface area (Å²) >= 11 is 2.00. The van der Waals surface area contributed by atoms with Crippen molar-refractivity contribution in [3.05, 3.63) is 23.2 Å². The monoisotopic (exact) mass is 321 g/mol. The lowest BCUT2D eigenvalue weighted by Crippen LogP contribution is -2.60. The molecular formula is C17H23NO3S. The van der Waals surface area contributed by atoms with Gasteiger partial charge in [-0.05, 0) is 45.1 Å². The van der Waals surface area contributed by atoms with Gasteiger partial charge in [0.1, 0.15) is 11.5 Å². The fourth-order valence-corrected chi connectivity index (χ4v) is 5.04. The molecule has 1 aromatic rings. The van der Waals surface area contributed by atoms with E-state index in [-0.39, 0.29) is 10.7 Å². The lowest BCUT2D eigenvalue weighted by Gasteiger charge is -2.47. The lowest BCUT2D eigenvalue weighted by molar-refractivity contribution is 0.0286. The number of carbonyl (C=O) groups excluding carboxylic acids is 1. The third-order valence-electron chi connectivity index (χ3n) is 4.96. The second-order valence-electron chi connectivity index (χ2n) is 7.08. The van der Waals surface area contributed by atoms with Crippen LogP contribution in [0.25, 0.3) is 0 Å². The zero-order valence-electron chi connectivity index (χ0n) is 13.3. The van der Waals surface area contributed by atoms with Crippen molar-refractivity contribution in [2.45, 2.75) is 44.0 Å². The van der Waals surface area contributed by atoms with Gasteiger partial charge >= 0.3 is 0 Å². The Morgan fingerprint density at radius 1 is 1.45 bits per heavy atom. The molecule has 3 fully saturated rings. The Balaban J connectivity index is 1.31. The van der Waals surface area contributed by atoms with Gasteiger partial charge in [-0.2, -0.15) is 0 Å². The molecule has 1 aromatic heterocycles. The van der Waals surface area contributed by atoms with Gasteiger partial charge in [0, 0.05) is 25.4 Å². The van der Waals surface area contributed by atoms with Crippen LogP contribution in [0.3, 0.4) is 0 Å². The van der Waals surface area contributed by atoms with Gasteiger partial charge < -0.3 is 14.1 Å². The van der Waals surface area contributed by atoms with Crippen LogP contribution in [0.4, 0.5) is 0 Å². The highest BCUT2D eigenvalue weighted by atomic mass is 32.2. The van der Waals surface area contributed by atoms with E-state index in [1.807, 2.05) is 36.6 Å². The highest BCUT2D eigenvalue weighted by Crippen LogP contribution is 2.47. The van der Waals surface area contributed by atoms with Crippen molar-refractivity contribution in [1.29, 1.82) is 0 Å². The van der Waals surface area contributed by atoms with Crippen molar-refractivity contribution in [2.75, 3.05) is 25.4 Å². The number of thioether (sulfide) groups is 1. The molecule has 0 radical (unpaired) electrons. The molecule has 1 amide bonds. The zero-order chi connectivity index (χ0) is 15.3. The van der Waals surface area contributed by atoms with Gasteiger partial charge in [-0.3, -0.25) is 4.79 Å². The SMILES string of the molecule is Cc1cc(C(=O)N2CC3(CC(OCC4CC4)CS3)C2)c(C)o1. The molecule has 1 spiro atoms. The molecule has 3 aliphatic rings. The molecule has 1 saturated carbocycles. The van der Waals surface area contributed by atoms with Crippen molar-refractivity contribution in [3.63, 3.8) is 0 Å². The van der Waals surface area contributed by atoms with Crippen LogP contribution in [0, 0.1) is 19.8 Å². The van der Waals surface area contributed by atoms with Crippen LogP contribution in [0.15, 0.2) is 10.5 Å². The maximum Gasteiger partial charge on any atom is 0.257 e. The largest absolute Gasteiger partial charge is 0.466 e. The Labute approximate surface area is 135 Å². The second-order valence-corrected chi connectivity index (χ2v) is 8.57. The number of carbonyl (C=O) groups is 1. The van der Waals surface area contributed by atoms with Crippen molar-refractivity contribution in [1.82, 2.24) is 4.90 Å². The molecule has 22 heavy (non-hydrogen) atoms. The summed E-state index contributed by atoms with van der Waals surface area (Å²) in [5.41, 5.74) is 0.719. The van der Waals surface area contributed by atoms with Crippen molar-refractivity contribution >= 4 is 17.7 Å². The molecule has 0 bridgehead atoms. The number of amides is 1. The average molecular weight is 321 g/mol. The Hall–Kier alpha value is -0.940. The summed E-state index contributed by atoms with van der Waals surface area (Å²) in [6.45, 7) is 6.39. The molecule has 1 aliphatic carbocycles. The molecule has 1 unspecified atom stereocenters. The van der Waals surface area contributed by atoms with Crippen LogP contribution in [0.2, 0.25) is 0 Å². The first-order valence-corrected chi connectivity index (χ1v) is 9.15. The molecule has 4 rings (SSSR count). The van der Waals surface area contributed by atoms with Crippen LogP contribution < -0.4 is 0 Å². The molecule has 0 aromatic carbocycles. The topological polar surface area (TPSA) is 42.7 Å². The Morgan fingerprint density at radius 3 is 2.86 bits per heavy atom. The highest BCUT2D eigenvalue weighted by molar-refractivity contribution is 8.01. The van der Waals surface area contributed by atoms with Gasteiger partial charge in [-0.25, -0.2) is 0 Å². The average Bonchev–Trinajstić information content (AvgIpc) is 3.07. The van der Waals surface area contributed by atoms with E-state index >= 15 is 0 Å². The molecule has 0 N–H and O–H groups in total. The number of ether oxygens (including phenoxy) is 1. The van der Waals surface area contributed by atoms with Gasteiger partial charge in [0.25, 0.3) is 5.91 Å². The van der Waals surface area contributed by atoms with Crippen molar-refractivity contribution < 1.29 is 13.9 Å². The minimum Gasteiger partial charge on any atom is -0.466 e. The second kappa shape index (κ2) is 5.31. The lowest BCUT2D eigenvalue weighted by atomic mass is 9.92. The van der Waals surface area contributed by atoms with E-state index in [0.717, 1.165) is 54.9 Å². The fraction of sp³-hybridized carbons (Fsp3) is 0.706. The summed E-state index contributed by atoms with van der Waals surface area (Å²) in [7, 11) is 0. The Morgan fingerprint density at radius 2 is 2.23 bits per heavy atom. The van der Waals surface area contributed by atoms with E-state index in [9.17, 15) is 4.79 Å². The number of nitrogens with zero attached hydrogens (tertiary/aromatic N) is 1. The van der Waals surface area contributed by atoms with Gasteiger partial charge in [0.15, 0.2) is 0 Å². The molecule has 2 saturated heterocycles. The van der Waals surface area contributed by atoms with Gasteiger partial charge in [0.2, 0.25) is 0 Å². The van der Waals surface area contributed by atoms with Crippen LogP contribution in [-0.4, -0.2) is 47.1 Å². The summed E-state index contributed by atoms with van der Waals surface area (Å²) in [5.74, 6) is 3.56. The van der Waals surface area contributed by atoms with E-state index < -0.39 is 0 Å². The first-order valence-electron chi connectivity index (χ1n) is 8.16. The molecule has 5 heteroatoms. The van der Waals surface area contributed by atoms with E-state index in [2.05, 4.69) is 0 Å².